The summed E-state index contributed by atoms with van der Waals surface area (Å²) < 4.78 is 4.06. The van der Waals surface area contributed by atoms with Gasteiger partial charge in [-0.05, 0) is 33.9 Å². The van der Waals surface area contributed by atoms with Crippen LogP contribution < -0.4 is 5.32 Å². The molecule has 1 saturated heterocycles. The van der Waals surface area contributed by atoms with Crippen LogP contribution in [-0.4, -0.2) is 58.7 Å². The molecule has 102 valence electrons. The Hall–Kier alpha value is -0.720. The van der Waals surface area contributed by atoms with Gasteiger partial charge in [0.15, 0.2) is 0 Å². The van der Waals surface area contributed by atoms with E-state index in [9.17, 15) is 0 Å². The Kier molecular flexibility index (Phi) is 4.91. The zero-order valence-electron chi connectivity index (χ0n) is 11.5. The maximum Gasteiger partial charge on any atom is 0.134 e. The molecule has 0 aliphatic carbocycles. The van der Waals surface area contributed by atoms with Gasteiger partial charge in [-0.3, -0.25) is 4.90 Å². The predicted molar refractivity (Wildman–Crippen MR) is 76.1 cm³/mol. The van der Waals surface area contributed by atoms with Gasteiger partial charge in [0.05, 0.1) is 0 Å². The zero-order chi connectivity index (χ0) is 13.0. The van der Waals surface area contributed by atoms with Crippen molar-refractivity contribution >= 4 is 16.5 Å². The number of nitrogens with one attached hydrogen (secondary N) is 1. The minimum atomic E-state index is 0.577. The Balaban J connectivity index is 2.00. The number of rotatable bonds is 4. The monoisotopic (exact) mass is 269 g/mol. The van der Waals surface area contributed by atoms with Crippen molar-refractivity contribution in [2.75, 3.05) is 38.5 Å². The molecule has 2 heterocycles. The SMILES string of the molecule is CCNc1snnc1CN1CCCN(C)CC1C. The van der Waals surface area contributed by atoms with Crippen LogP contribution in [0.5, 0.6) is 0 Å². The molecule has 1 aromatic rings. The third-order valence-corrected chi connectivity index (χ3v) is 4.16. The van der Waals surface area contributed by atoms with Gasteiger partial charge in [-0.1, -0.05) is 4.49 Å². The Bertz CT molecular complexity index is 367. The third-order valence-electron chi connectivity index (χ3n) is 3.43. The van der Waals surface area contributed by atoms with Gasteiger partial charge in [-0.2, -0.15) is 0 Å². The van der Waals surface area contributed by atoms with Gasteiger partial charge in [0, 0.05) is 43.8 Å². The van der Waals surface area contributed by atoms with Crippen molar-refractivity contribution in [3.05, 3.63) is 5.69 Å². The van der Waals surface area contributed by atoms with Crippen molar-refractivity contribution in [3.8, 4) is 0 Å². The first kappa shape index (κ1) is 13.7. The van der Waals surface area contributed by atoms with Crippen LogP contribution in [-0.2, 0) is 6.54 Å². The molecule has 0 amide bonds. The highest BCUT2D eigenvalue weighted by atomic mass is 32.1. The van der Waals surface area contributed by atoms with E-state index < -0.39 is 0 Å². The van der Waals surface area contributed by atoms with Crippen LogP contribution in [0.15, 0.2) is 0 Å². The number of likely N-dealkylation sites (N-methyl/N-ethyl adjacent to an activating group) is 1. The molecule has 0 spiro atoms. The summed E-state index contributed by atoms with van der Waals surface area (Å²) in [6.07, 6.45) is 1.23. The quantitative estimate of drug-likeness (QED) is 0.897. The van der Waals surface area contributed by atoms with Crippen molar-refractivity contribution in [1.82, 2.24) is 19.4 Å². The molecule has 0 bridgehead atoms. The maximum absolute atomic E-state index is 4.26. The Morgan fingerprint density at radius 1 is 1.44 bits per heavy atom. The number of aromatic nitrogens is 2. The molecule has 0 radical (unpaired) electrons. The van der Waals surface area contributed by atoms with E-state index in [4.69, 9.17) is 0 Å². The van der Waals surface area contributed by atoms with Crippen LogP contribution in [0.3, 0.4) is 0 Å². The summed E-state index contributed by atoms with van der Waals surface area (Å²) in [5.74, 6) is 0. The highest BCUT2D eigenvalue weighted by Crippen LogP contribution is 2.21. The number of hydrogen-bond acceptors (Lipinski definition) is 6. The molecule has 1 fully saturated rings. The van der Waals surface area contributed by atoms with Crippen LogP contribution in [0.1, 0.15) is 26.0 Å². The standard InChI is InChI=1S/C12H23N5S/c1-4-13-12-11(14-15-18-12)9-17-7-5-6-16(3)8-10(17)2/h10,13H,4-9H2,1-3H3. The second-order valence-electron chi connectivity index (χ2n) is 5.01. The molecule has 1 unspecified atom stereocenters. The molecular weight excluding hydrogens is 246 g/mol. The summed E-state index contributed by atoms with van der Waals surface area (Å²) in [7, 11) is 2.20. The minimum absolute atomic E-state index is 0.577. The molecule has 2 rings (SSSR count). The molecule has 0 aromatic carbocycles. The summed E-state index contributed by atoms with van der Waals surface area (Å²) in [6, 6.07) is 0.577. The summed E-state index contributed by atoms with van der Waals surface area (Å²) >= 11 is 1.46. The lowest BCUT2D eigenvalue weighted by Gasteiger charge is -2.27. The number of nitrogens with zero attached hydrogens (tertiary/aromatic N) is 4. The largest absolute Gasteiger partial charge is 0.374 e. The van der Waals surface area contributed by atoms with Crippen molar-refractivity contribution in [2.24, 2.45) is 0 Å². The van der Waals surface area contributed by atoms with Gasteiger partial charge in [0.2, 0.25) is 0 Å². The fraction of sp³-hybridized carbons (Fsp3) is 0.833. The normalized spacial score (nSPS) is 22.9. The van der Waals surface area contributed by atoms with E-state index in [-0.39, 0.29) is 0 Å². The smallest absolute Gasteiger partial charge is 0.134 e. The van der Waals surface area contributed by atoms with Gasteiger partial charge in [-0.15, -0.1) is 5.10 Å². The second kappa shape index (κ2) is 6.45. The topological polar surface area (TPSA) is 44.3 Å². The van der Waals surface area contributed by atoms with Crippen LogP contribution in [0.25, 0.3) is 0 Å². The predicted octanol–water partition coefficient (Wildman–Crippen LogP) is 1.50. The summed E-state index contributed by atoms with van der Waals surface area (Å²) in [5, 5.41) is 8.73. The summed E-state index contributed by atoms with van der Waals surface area (Å²) in [5.41, 5.74) is 1.10. The van der Waals surface area contributed by atoms with Crippen LogP contribution in [0.4, 0.5) is 5.00 Å². The first-order valence-electron chi connectivity index (χ1n) is 6.68. The highest BCUT2D eigenvalue weighted by Gasteiger charge is 2.21. The maximum atomic E-state index is 4.26. The van der Waals surface area contributed by atoms with Crippen LogP contribution >= 0.6 is 11.5 Å². The third kappa shape index (κ3) is 3.40. The molecule has 1 aliphatic rings. The van der Waals surface area contributed by atoms with E-state index in [1.54, 1.807) is 0 Å². The average Bonchev–Trinajstić information content (AvgIpc) is 2.68. The van der Waals surface area contributed by atoms with E-state index in [0.717, 1.165) is 36.9 Å². The van der Waals surface area contributed by atoms with E-state index >= 15 is 0 Å². The average molecular weight is 269 g/mol. The molecule has 1 aromatic heterocycles. The lowest BCUT2D eigenvalue weighted by atomic mass is 10.2. The van der Waals surface area contributed by atoms with Crippen molar-refractivity contribution in [1.29, 1.82) is 0 Å². The highest BCUT2D eigenvalue weighted by molar-refractivity contribution is 7.10. The molecule has 0 saturated carbocycles. The lowest BCUT2D eigenvalue weighted by molar-refractivity contribution is 0.193. The minimum Gasteiger partial charge on any atom is -0.374 e. The summed E-state index contributed by atoms with van der Waals surface area (Å²) in [4.78, 5) is 4.93. The molecular formula is C12H23N5S. The van der Waals surface area contributed by atoms with Crippen molar-refractivity contribution < 1.29 is 0 Å². The van der Waals surface area contributed by atoms with Gasteiger partial charge < -0.3 is 10.2 Å². The van der Waals surface area contributed by atoms with Gasteiger partial charge in [0.25, 0.3) is 0 Å². The first-order valence-corrected chi connectivity index (χ1v) is 7.45. The lowest BCUT2D eigenvalue weighted by Crippen LogP contribution is -2.37. The molecule has 6 heteroatoms. The Morgan fingerprint density at radius 2 is 2.28 bits per heavy atom. The van der Waals surface area contributed by atoms with E-state index in [0.29, 0.717) is 6.04 Å². The number of hydrogen-bond donors (Lipinski definition) is 1. The molecule has 5 nitrogen and oxygen atoms in total. The van der Waals surface area contributed by atoms with Crippen molar-refractivity contribution in [3.63, 3.8) is 0 Å². The zero-order valence-corrected chi connectivity index (χ0v) is 12.3. The van der Waals surface area contributed by atoms with Gasteiger partial charge in [-0.25, -0.2) is 0 Å². The first-order chi connectivity index (χ1) is 8.70. The van der Waals surface area contributed by atoms with E-state index in [2.05, 4.69) is 45.6 Å². The van der Waals surface area contributed by atoms with E-state index in [1.165, 1.54) is 24.5 Å². The molecule has 1 aliphatic heterocycles. The van der Waals surface area contributed by atoms with Crippen molar-refractivity contribution in [2.45, 2.75) is 32.9 Å². The Morgan fingerprint density at radius 3 is 3.06 bits per heavy atom. The summed E-state index contributed by atoms with van der Waals surface area (Å²) in [6.45, 7) is 9.71. The molecule has 1 N–H and O–H groups in total. The van der Waals surface area contributed by atoms with Gasteiger partial charge >= 0.3 is 0 Å². The fourth-order valence-corrected chi connectivity index (χ4v) is 3.10. The molecule has 1 atom stereocenters. The Labute approximate surface area is 113 Å². The van der Waals surface area contributed by atoms with E-state index in [1.807, 2.05) is 0 Å². The second-order valence-corrected chi connectivity index (χ2v) is 5.77. The number of anilines is 1. The van der Waals surface area contributed by atoms with Crippen LogP contribution in [0.2, 0.25) is 0 Å². The van der Waals surface area contributed by atoms with Gasteiger partial charge in [0.1, 0.15) is 10.7 Å². The fourth-order valence-electron chi connectivity index (χ4n) is 2.46. The van der Waals surface area contributed by atoms with Crippen LogP contribution in [0, 0.1) is 0 Å². The molecule has 18 heavy (non-hydrogen) atoms.